The summed E-state index contributed by atoms with van der Waals surface area (Å²) < 4.78 is 0. The molecule has 14 heavy (non-hydrogen) atoms. The second kappa shape index (κ2) is 4.33. The Labute approximate surface area is 90.5 Å². The molecule has 0 spiro atoms. The molecule has 1 N–H and O–H groups in total. The molecule has 0 bridgehead atoms. The average Bonchev–Trinajstić information content (AvgIpc) is 2.23. The van der Waals surface area contributed by atoms with Gasteiger partial charge in [-0.1, -0.05) is 17.7 Å². The van der Waals surface area contributed by atoms with E-state index in [2.05, 4.69) is 24.4 Å². The number of aryl methyl sites for hydroxylation is 1. The van der Waals surface area contributed by atoms with Gasteiger partial charge < -0.3 is 5.32 Å². The molecule has 0 saturated carbocycles. The zero-order chi connectivity index (χ0) is 9.97. The highest BCUT2D eigenvalue weighted by Gasteiger charge is 2.16. The van der Waals surface area contributed by atoms with Crippen LogP contribution in [0.15, 0.2) is 18.2 Å². The van der Waals surface area contributed by atoms with Crippen LogP contribution in [0.1, 0.15) is 29.9 Å². The van der Waals surface area contributed by atoms with Gasteiger partial charge in [0.25, 0.3) is 0 Å². The van der Waals surface area contributed by atoms with Crippen LogP contribution in [0, 0.1) is 6.92 Å². The molecule has 2 rings (SSSR count). The highest BCUT2D eigenvalue weighted by Crippen LogP contribution is 2.28. The van der Waals surface area contributed by atoms with E-state index in [0.29, 0.717) is 5.92 Å². The zero-order valence-electron chi connectivity index (χ0n) is 8.52. The van der Waals surface area contributed by atoms with Crippen LogP contribution in [0.25, 0.3) is 0 Å². The van der Waals surface area contributed by atoms with Crippen molar-refractivity contribution < 1.29 is 0 Å². The van der Waals surface area contributed by atoms with Gasteiger partial charge in [0.1, 0.15) is 0 Å². The maximum Gasteiger partial charge on any atom is 0.0409 e. The fourth-order valence-corrected chi connectivity index (χ4v) is 2.35. The molecule has 1 heterocycles. The molecular formula is C12H16ClN. The van der Waals surface area contributed by atoms with Crippen LogP contribution in [0.4, 0.5) is 0 Å². The van der Waals surface area contributed by atoms with Crippen molar-refractivity contribution in [2.75, 3.05) is 13.1 Å². The van der Waals surface area contributed by atoms with E-state index in [4.69, 9.17) is 11.6 Å². The summed E-state index contributed by atoms with van der Waals surface area (Å²) >= 11 is 6.02. The lowest BCUT2D eigenvalue weighted by Gasteiger charge is -2.24. The summed E-state index contributed by atoms with van der Waals surface area (Å²) in [6.07, 6.45) is 2.56. The van der Waals surface area contributed by atoms with Gasteiger partial charge in [-0.2, -0.15) is 0 Å². The summed E-state index contributed by atoms with van der Waals surface area (Å²) in [6, 6.07) is 6.21. The quantitative estimate of drug-likeness (QED) is 0.750. The highest BCUT2D eigenvalue weighted by molar-refractivity contribution is 6.30. The molecule has 1 nitrogen and oxygen atoms in total. The Kier molecular flexibility index (Phi) is 3.09. The smallest absolute Gasteiger partial charge is 0.0409 e. The topological polar surface area (TPSA) is 12.0 Å². The second-order valence-corrected chi connectivity index (χ2v) is 4.48. The SMILES string of the molecule is Cc1ccc(Cl)cc1[C@H]1CCCNC1. The third kappa shape index (κ3) is 2.10. The third-order valence-corrected chi connectivity index (χ3v) is 3.21. The Bertz CT molecular complexity index is 316. The van der Waals surface area contributed by atoms with Gasteiger partial charge in [-0.25, -0.2) is 0 Å². The molecule has 1 aliphatic rings. The van der Waals surface area contributed by atoms with Crippen LogP contribution in [0.5, 0.6) is 0 Å². The first kappa shape index (κ1) is 10.0. The lowest BCUT2D eigenvalue weighted by Crippen LogP contribution is -2.28. The van der Waals surface area contributed by atoms with E-state index in [-0.39, 0.29) is 0 Å². The second-order valence-electron chi connectivity index (χ2n) is 4.04. The molecule has 0 unspecified atom stereocenters. The Morgan fingerprint density at radius 3 is 3.00 bits per heavy atom. The Balaban J connectivity index is 2.24. The van der Waals surface area contributed by atoms with Gasteiger partial charge in [0.2, 0.25) is 0 Å². The van der Waals surface area contributed by atoms with Crippen molar-refractivity contribution in [2.24, 2.45) is 0 Å². The predicted molar refractivity (Wildman–Crippen MR) is 61.0 cm³/mol. The standard InChI is InChI=1S/C12H16ClN/c1-9-4-5-11(13)7-12(9)10-3-2-6-14-8-10/h4-5,7,10,14H,2-3,6,8H2,1H3/t10-/m0/s1. The van der Waals surface area contributed by atoms with E-state index in [0.717, 1.165) is 18.1 Å². The van der Waals surface area contributed by atoms with Gasteiger partial charge in [0.05, 0.1) is 0 Å². The molecule has 1 atom stereocenters. The highest BCUT2D eigenvalue weighted by atomic mass is 35.5. The largest absolute Gasteiger partial charge is 0.316 e. The number of hydrogen-bond acceptors (Lipinski definition) is 1. The van der Waals surface area contributed by atoms with E-state index in [9.17, 15) is 0 Å². The van der Waals surface area contributed by atoms with Crippen molar-refractivity contribution in [1.82, 2.24) is 5.32 Å². The van der Waals surface area contributed by atoms with Gasteiger partial charge in [0.15, 0.2) is 0 Å². The van der Waals surface area contributed by atoms with Gasteiger partial charge in [-0.3, -0.25) is 0 Å². The number of nitrogens with one attached hydrogen (secondary N) is 1. The summed E-state index contributed by atoms with van der Waals surface area (Å²) in [6.45, 7) is 4.43. The fraction of sp³-hybridized carbons (Fsp3) is 0.500. The van der Waals surface area contributed by atoms with Crippen LogP contribution in [-0.2, 0) is 0 Å². The van der Waals surface area contributed by atoms with E-state index in [1.807, 2.05) is 6.07 Å². The van der Waals surface area contributed by atoms with Gasteiger partial charge in [-0.15, -0.1) is 0 Å². The molecule has 76 valence electrons. The fourth-order valence-electron chi connectivity index (χ4n) is 2.17. The van der Waals surface area contributed by atoms with E-state index in [1.54, 1.807) is 0 Å². The molecule has 2 heteroatoms. The van der Waals surface area contributed by atoms with Crippen LogP contribution < -0.4 is 5.32 Å². The Hall–Kier alpha value is -0.530. The van der Waals surface area contributed by atoms with Crippen molar-refractivity contribution in [1.29, 1.82) is 0 Å². The van der Waals surface area contributed by atoms with E-state index < -0.39 is 0 Å². The van der Waals surface area contributed by atoms with Crippen LogP contribution in [0.3, 0.4) is 0 Å². The first-order valence-corrected chi connectivity index (χ1v) is 5.62. The number of hydrogen-bond donors (Lipinski definition) is 1. The van der Waals surface area contributed by atoms with Crippen molar-refractivity contribution in [3.05, 3.63) is 34.3 Å². The van der Waals surface area contributed by atoms with Crippen molar-refractivity contribution in [3.63, 3.8) is 0 Å². The minimum atomic E-state index is 0.655. The molecule has 1 saturated heterocycles. The molecule has 0 aromatic heterocycles. The molecular weight excluding hydrogens is 194 g/mol. The van der Waals surface area contributed by atoms with Crippen LogP contribution in [0.2, 0.25) is 5.02 Å². The maximum atomic E-state index is 6.02. The molecule has 1 aliphatic heterocycles. The lowest BCUT2D eigenvalue weighted by molar-refractivity contribution is 0.460. The van der Waals surface area contributed by atoms with Crippen molar-refractivity contribution in [2.45, 2.75) is 25.7 Å². The normalized spacial score (nSPS) is 22.3. The summed E-state index contributed by atoms with van der Waals surface area (Å²) in [7, 11) is 0. The monoisotopic (exact) mass is 209 g/mol. The molecule has 1 aromatic carbocycles. The molecule has 1 fully saturated rings. The van der Waals surface area contributed by atoms with E-state index in [1.165, 1.54) is 24.0 Å². The summed E-state index contributed by atoms with van der Waals surface area (Å²) in [4.78, 5) is 0. The van der Waals surface area contributed by atoms with Gasteiger partial charge >= 0.3 is 0 Å². The predicted octanol–water partition coefficient (Wildman–Crippen LogP) is 3.12. The first-order valence-electron chi connectivity index (χ1n) is 5.24. The Morgan fingerprint density at radius 2 is 2.29 bits per heavy atom. The number of piperidine rings is 1. The third-order valence-electron chi connectivity index (χ3n) is 2.98. The van der Waals surface area contributed by atoms with E-state index >= 15 is 0 Å². The number of benzene rings is 1. The zero-order valence-corrected chi connectivity index (χ0v) is 9.27. The Morgan fingerprint density at radius 1 is 1.43 bits per heavy atom. The van der Waals surface area contributed by atoms with Gasteiger partial charge in [-0.05, 0) is 55.5 Å². The summed E-state index contributed by atoms with van der Waals surface area (Å²) in [5, 5.41) is 4.29. The van der Waals surface area contributed by atoms with Crippen LogP contribution >= 0.6 is 11.6 Å². The molecule has 0 amide bonds. The number of rotatable bonds is 1. The van der Waals surface area contributed by atoms with Crippen LogP contribution in [-0.4, -0.2) is 13.1 Å². The minimum Gasteiger partial charge on any atom is -0.316 e. The number of halogens is 1. The summed E-state index contributed by atoms with van der Waals surface area (Å²) in [5.74, 6) is 0.655. The lowest BCUT2D eigenvalue weighted by atomic mass is 9.89. The van der Waals surface area contributed by atoms with Crippen molar-refractivity contribution in [3.8, 4) is 0 Å². The molecule has 0 aliphatic carbocycles. The minimum absolute atomic E-state index is 0.655. The molecule has 1 aromatic rings. The average molecular weight is 210 g/mol. The maximum absolute atomic E-state index is 6.02. The first-order chi connectivity index (χ1) is 6.77. The van der Waals surface area contributed by atoms with Gasteiger partial charge in [0, 0.05) is 11.6 Å². The van der Waals surface area contributed by atoms with Crippen molar-refractivity contribution >= 4 is 11.6 Å². The molecule has 0 radical (unpaired) electrons. The summed E-state index contributed by atoms with van der Waals surface area (Å²) in [5.41, 5.74) is 2.78.